The van der Waals surface area contributed by atoms with Gasteiger partial charge >= 0.3 is 12.4 Å². The van der Waals surface area contributed by atoms with E-state index >= 15 is 0 Å². The van der Waals surface area contributed by atoms with Crippen LogP contribution in [-0.2, 0) is 19.0 Å². The van der Waals surface area contributed by atoms with Crippen molar-refractivity contribution in [2.45, 2.75) is 19.0 Å². The topological polar surface area (TPSA) is 44.0 Å². The predicted octanol–water partition coefficient (Wildman–Crippen LogP) is 3.09. The molecule has 0 aliphatic carbocycles. The summed E-state index contributed by atoms with van der Waals surface area (Å²) < 4.78 is 75.1. The van der Waals surface area contributed by atoms with Crippen molar-refractivity contribution in [2.24, 2.45) is 0 Å². The van der Waals surface area contributed by atoms with E-state index < -0.39 is 41.2 Å². The summed E-state index contributed by atoms with van der Waals surface area (Å²) in [5.41, 5.74) is -5.46. The van der Waals surface area contributed by atoms with Crippen LogP contribution in [0.4, 0.5) is 26.3 Å². The van der Waals surface area contributed by atoms with Gasteiger partial charge in [-0.3, -0.25) is 0 Å². The number of benzene rings is 1. The molecule has 0 atom stereocenters. The molecular weight excluding hydrogens is 264 g/mol. The average Bonchev–Trinajstić information content (AvgIpc) is 2.24. The highest BCUT2D eigenvalue weighted by atomic mass is 19.4. The number of halogens is 6. The van der Waals surface area contributed by atoms with Gasteiger partial charge in [-0.2, -0.15) is 31.6 Å². The van der Waals surface area contributed by atoms with Crippen LogP contribution in [0.5, 0.6) is 0 Å². The first-order valence-corrected chi connectivity index (χ1v) is 4.43. The number of aliphatic hydroxyl groups excluding tert-OH is 1. The molecule has 1 N–H and O–H groups in total. The van der Waals surface area contributed by atoms with E-state index in [9.17, 15) is 26.3 Å². The zero-order valence-corrected chi connectivity index (χ0v) is 8.52. The molecule has 98 valence electrons. The summed E-state index contributed by atoms with van der Waals surface area (Å²) in [6, 6.07) is 1.56. The van der Waals surface area contributed by atoms with Gasteiger partial charge in [0.2, 0.25) is 0 Å². The molecule has 0 aromatic heterocycles. The van der Waals surface area contributed by atoms with Crippen LogP contribution in [0.25, 0.3) is 0 Å². The molecule has 1 aromatic carbocycles. The number of nitrogens with zero attached hydrogens (tertiary/aromatic N) is 1. The Bertz CT molecular complexity index is 462. The fraction of sp³-hybridized carbons (Fsp3) is 0.300. The van der Waals surface area contributed by atoms with Crippen molar-refractivity contribution in [3.63, 3.8) is 0 Å². The third-order valence-electron chi connectivity index (χ3n) is 2.10. The van der Waals surface area contributed by atoms with E-state index in [1.807, 2.05) is 0 Å². The number of nitriles is 1. The van der Waals surface area contributed by atoms with Crippen LogP contribution < -0.4 is 0 Å². The lowest BCUT2D eigenvalue weighted by atomic mass is 9.97. The Labute approximate surface area is 97.1 Å². The molecule has 0 aliphatic rings. The van der Waals surface area contributed by atoms with Gasteiger partial charge in [0.1, 0.15) is 6.07 Å². The van der Waals surface area contributed by atoms with Gasteiger partial charge in [0.25, 0.3) is 0 Å². The summed E-state index contributed by atoms with van der Waals surface area (Å²) in [4.78, 5) is 0. The molecule has 0 fully saturated rings. The molecule has 0 amide bonds. The molecule has 0 radical (unpaired) electrons. The summed E-state index contributed by atoms with van der Waals surface area (Å²) in [6.07, 6.45) is -10.2. The standard InChI is InChI=1S/C10H5F6NO/c11-9(12,13)7-1-5(4-18)2-8(6(7)3-17)10(14,15)16/h1-2,18H,4H2. The molecule has 1 aromatic rings. The molecule has 0 unspecified atom stereocenters. The van der Waals surface area contributed by atoms with Gasteiger partial charge in [-0.15, -0.1) is 0 Å². The largest absolute Gasteiger partial charge is 0.417 e. The summed E-state index contributed by atoms with van der Waals surface area (Å²) in [7, 11) is 0. The molecule has 1 rings (SSSR count). The average molecular weight is 269 g/mol. The van der Waals surface area contributed by atoms with Gasteiger partial charge in [0.05, 0.1) is 23.3 Å². The Hall–Kier alpha value is -1.75. The first-order valence-electron chi connectivity index (χ1n) is 4.43. The zero-order valence-electron chi connectivity index (χ0n) is 8.52. The smallest absolute Gasteiger partial charge is 0.392 e. The first-order chi connectivity index (χ1) is 8.11. The number of hydrogen-bond acceptors (Lipinski definition) is 2. The van der Waals surface area contributed by atoms with Gasteiger partial charge < -0.3 is 5.11 Å². The SMILES string of the molecule is N#Cc1c(C(F)(F)F)cc(CO)cc1C(F)(F)F. The Morgan fingerprint density at radius 2 is 1.39 bits per heavy atom. The van der Waals surface area contributed by atoms with Crippen LogP contribution in [0.1, 0.15) is 22.3 Å². The van der Waals surface area contributed by atoms with Crippen molar-refractivity contribution in [1.82, 2.24) is 0 Å². The Kier molecular flexibility index (Phi) is 3.57. The van der Waals surface area contributed by atoms with Gasteiger partial charge in [-0.05, 0) is 17.7 Å². The lowest BCUT2D eigenvalue weighted by Gasteiger charge is -2.16. The summed E-state index contributed by atoms with van der Waals surface area (Å²) in [6.45, 7) is -0.988. The third kappa shape index (κ3) is 2.73. The highest BCUT2D eigenvalue weighted by Crippen LogP contribution is 2.39. The number of alkyl halides is 6. The Balaban J connectivity index is 3.68. The van der Waals surface area contributed by atoms with Crippen molar-refractivity contribution in [3.05, 3.63) is 34.4 Å². The third-order valence-corrected chi connectivity index (χ3v) is 2.10. The van der Waals surface area contributed by atoms with Gasteiger partial charge in [0, 0.05) is 0 Å². The molecule has 0 aliphatic heterocycles. The van der Waals surface area contributed by atoms with Crippen molar-refractivity contribution >= 4 is 0 Å². The second-order valence-corrected chi connectivity index (χ2v) is 3.33. The van der Waals surface area contributed by atoms with E-state index in [1.54, 1.807) is 0 Å². The fourth-order valence-electron chi connectivity index (χ4n) is 1.36. The lowest BCUT2D eigenvalue weighted by molar-refractivity contribution is -0.143. The molecule has 2 nitrogen and oxygen atoms in total. The fourth-order valence-corrected chi connectivity index (χ4v) is 1.36. The second-order valence-electron chi connectivity index (χ2n) is 3.33. The minimum atomic E-state index is -5.10. The second kappa shape index (κ2) is 4.49. The van der Waals surface area contributed by atoms with E-state index in [0.717, 1.165) is 6.07 Å². The highest BCUT2D eigenvalue weighted by Gasteiger charge is 2.41. The van der Waals surface area contributed by atoms with Crippen LogP contribution in [0, 0.1) is 11.3 Å². The normalized spacial score (nSPS) is 12.3. The predicted molar refractivity (Wildman–Crippen MR) is 47.1 cm³/mol. The van der Waals surface area contributed by atoms with E-state index in [2.05, 4.69) is 0 Å². The highest BCUT2D eigenvalue weighted by molar-refractivity contribution is 5.49. The lowest BCUT2D eigenvalue weighted by Crippen LogP contribution is -2.16. The van der Waals surface area contributed by atoms with E-state index in [1.165, 1.54) is 0 Å². The number of hydrogen-bond donors (Lipinski definition) is 1. The van der Waals surface area contributed by atoms with E-state index in [4.69, 9.17) is 10.4 Å². The quantitative estimate of drug-likeness (QED) is 0.796. The van der Waals surface area contributed by atoms with Crippen LogP contribution in [0.2, 0.25) is 0 Å². The maximum atomic E-state index is 12.5. The van der Waals surface area contributed by atoms with Crippen molar-refractivity contribution in [2.75, 3.05) is 0 Å². The molecule has 0 bridgehead atoms. The maximum Gasteiger partial charge on any atom is 0.417 e. The molecule has 0 saturated heterocycles. The molecule has 8 heteroatoms. The zero-order chi connectivity index (χ0) is 14.1. The molecule has 18 heavy (non-hydrogen) atoms. The van der Waals surface area contributed by atoms with Crippen LogP contribution in [0.3, 0.4) is 0 Å². The van der Waals surface area contributed by atoms with Crippen molar-refractivity contribution in [3.8, 4) is 6.07 Å². The first kappa shape index (κ1) is 14.3. The van der Waals surface area contributed by atoms with Gasteiger partial charge in [0.15, 0.2) is 0 Å². The summed E-state index contributed by atoms with van der Waals surface area (Å²) in [5, 5.41) is 17.1. The van der Waals surface area contributed by atoms with Gasteiger partial charge in [-0.1, -0.05) is 0 Å². The van der Waals surface area contributed by atoms with Gasteiger partial charge in [-0.25, -0.2) is 0 Å². The van der Waals surface area contributed by atoms with E-state index in [-0.39, 0.29) is 0 Å². The van der Waals surface area contributed by atoms with Crippen LogP contribution in [-0.4, -0.2) is 5.11 Å². The number of aliphatic hydroxyl groups is 1. The minimum Gasteiger partial charge on any atom is -0.392 e. The maximum absolute atomic E-state index is 12.5. The number of rotatable bonds is 1. The Morgan fingerprint density at radius 3 is 1.61 bits per heavy atom. The monoisotopic (exact) mass is 269 g/mol. The summed E-state index contributed by atoms with van der Waals surface area (Å²) >= 11 is 0. The molecule has 0 heterocycles. The molecule has 0 spiro atoms. The minimum absolute atomic E-state index is 0.327. The summed E-state index contributed by atoms with van der Waals surface area (Å²) in [5.74, 6) is 0. The van der Waals surface area contributed by atoms with Crippen molar-refractivity contribution in [1.29, 1.82) is 5.26 Å². The van der Waals surface area contributed by atoms with Crippen LogP contribution >= 0.6 is 0 Å². The van der Waals surface area contributed by atoms with Crippen LogP contribution in [0.15, 0.2) is 12.1 Å². The molecular formula is C10H5F6NO. The Morgan fingerprint density at radius 1 is 1.00 bits per heavy atom. The van der Waals surface area contributed by atoms with Crippen molar-refractivity contribution < 1.29 is 31.4 Å². The van der Waals surface area contributed by atoms with E-state index in [0.29, 0.717) is 12.1 Å². The molecule has 0 saturated carbocycles.